The Kier molecular flexibility index (Phi) is 3.93. The Morgan fingerprint density at radius 3 is 2.45 bits per heavy atom. The van der Waals surface area contributed by atoms with E-state index in [4.69, 9.17) is 0 Å². The van der Waals surface area contributed by atoms with Crippen molar-refractivity contribution in [3.8, 4) is 0 Å². The van der Waals surface area contributed by atoms with Crippen molar-refractivity contribution in [2.24, 2.45) is 5.41 Å². The molecule has 0 bridgehead atoms. The highest BCUT2D eigenvalue weighted by Gasteiger charge is 2.16. The summed E-state index contributed by atoms with van der Waals surface area (Å²) in [6.07, 6.45) is 1.63. The molecule has 0 spiro atoms. The van der Waals surface area contributed by atoms with Gasteiger partial charge >= 0.3 is 0 Å². The van der Waals surface area contributed by atoms with Gasteiger partial charge in [-0.1, -0.05) is 45.0 Å². The van der Waals surface area contributed by atoms with Gasteiger partial charge in [-0.15, -0.1) is 0 Å². The minimum atomic E-state index is -0.0775. The van der Waals surface area contributed by atoms with E-state index < -0.39 is 0 Å². The Balaban J connectivity index is 2.38. The predicted octanol–water partition coefficient (Wildman–Crippen LogP) is 3.05. The zero-order chi connectivity index (χ0) is 14.8. The molecular formula is C16H21N3O. The number of hydrogen-bond acceptors (Lipinski definition) is 3. The largest absolute Gasteiger partial charge is 0.373 e. The number of carbonyl (C=O) groups is 1. The maximum atomic E-state index is 12.3. The summed E-state index contributed by atoms with van der Waals surface area (Å²) in [7, 11) is 1.83. The Bertz CT molecular complexity index is 629. The van der Waals surface area contributed by atoms with E-state index in [1.807, 2.05) is 31.3 Å². The van der Waals surface area contributed by atoms with Gasteiger partial charge in [0, 0.05) is 25.2 Å². The van der Waals surface area contributed by atoms with Crippen molar-refractivity contribution in [3.63, 3.8) is 0 Å². The van der Waals surface area contributed by atoms with Crippen LogP contribution in [-0.4, -0.2) is 24.5 Å². The quantitative estimate of drug-likeness (QED) is 0.902. The van der Waals surface area contributed by atoms with Crippen LogP contribution in [0, 0.1) is 5.41 Å². The van der Waals surface area contributed by atoms with Crippen LogP contribution in [0.2, 0.25) is 0 Å². The highest BCUT2D eigenvalue weighted by atomic mass is 16.1. The van der Waals surface area contributed by atoms with Crippen molar-refractivity contribution >= 4 is 22.5 Å². The number of aromatic nitrogens is 1. The number of benzene rings is 1. The molecule has 1 amide bonds. The van der Waals surface area contributed by atoms with Crippen LogP contribution in [-0.2, 0) is 0 Å². The molecule has 1 aromatic heterocycles. The van der Waals surface area contributed by atoms with Gasteiger partial charge in [-0.3, -0.25) is 4.79 Å². The van der Waals surface area contributed by atoms with Crippen LogP contribution in [0.5, 0.6) is 0 Å². The van der Waals surface area contributed by atoms with Gasteiger partial charge in [0.25, 0.3) is 5.91 Å². The second kappa shape index (κ2) is 5.49. The van der Waals surface area contributed by atoms with Crippen molar-refractivity contribution in [1.82, 2.24) is 10.3 Å². The van der Waals surface area contributed by atoms with Crippen LogP contribution in [0.3, 0.4) is 0 Å². The van der Waals surface area contributed by atoms with Crippen molar-refractivity contribution in [2.75, 3.05) is 18.9 Å². The van der Waals surface area contributed by atoms with Gasteiger partial charge in [-0.25, -0.2) is 4.98 Å². The minimum absolute atomic E-state index is 0.0593. The molecule has 2 N–H and O–H groups in total. The van der Waals surface area contributed by atoms with Gasteiger partial charge in [-0.05, 0) is 10.8 Å². The summed E-state index contributed by atoms with van der Waals surface area (Å²) in [5.41, 5.74) is 0.674. The standard InChI is InChI=1S/C16H21N3O/c1-16(2,3)10-19-15(20)13-9-18-14(17-4)12-8-6-5-7-11(12)13/h5-9H,10H2,1-4H3,(H,17,18)(H,19,20). The molecule has 0 radical (unpaired) electrons. The van der Waals surface area contributed by atoms with Crippen LogP contribution in [0.1, 0.15) is 31.1 Å². The zero-order valence-electron chi connectivity index (χ0n) is 12.4. The zero-order valence-corrected chi connectivity index (χ0v) is 12.4. The average Bonchev–Trinajstić information content (AvgIpc) is 2.42. The smallest absolute Gasteiger partial charge is 0.253 e. The van der Waals surface area contributed by atoms with Crippen LogP contribution in [0.25, 0.3) is 10.8 Å². The molecule has 0 atom stereocenters. The number of pyridine rings is 1. The van der Waals surface area contributed by atoms with Crippen LogP contribution in [0.4, 0.5) is 5.82 Å². The summed E-state index contributed by atoms with van der Waals surface area (Å²) in [5.74, 6) is 0.708. The lowest BCUT2D eigenvalue weighted by atomic mass is 9.96. The van der Waals surface area contributed by atoms with Crippen molar-refractivity contribution < 1.29 is 4.79 Å². The fourth-order valence-corrected chi connectivity index (χ4v) is 2.01. The summed E-state index contributed by atoms with van der Waals surface area (Å²) in [6, 6.07) is 7.79. The molecular weight excluding hydrogens is 250 g/mol. The van der Waals surface area contributed by atoms with Crippen LogP contribution < -0.4 is 10.6 Å². The molecule has 2 aromatic rings. The van der Waals surface area contributed by atoms with Gasteiger partial charge in [-0.2, -0.15) is 0 Å². The second-order valence-electron chi connectivity index (χ2n) is 6.06. The highest BCUT2D eigenvalue weighted by Crippen LogP contribution is 2.24. The van der Waals surface area contributed by atoms with E-state index in [9.17, 15) is 4.79 Å². The molecule has 0 saturated heterocycles. The lowest BCUT2D eigenvalue weighted by Crippen LogP contribution is -2.32. The van der Waals surface area contributed by atoms with E-state index in [0.717, 1.165) is 16.6 Å². The first-order valence-corrected chi connectivity index (χ1v) is 6.76. The lowest BCUT2D eigenvalue weighted by molar-refractivity contribution is 0.0940. The Hall–Kier alpha value is -2.10. The number of fused-ring (bicyclic) bond motifs is 1. The first-order chi connectivity index (χ1) is 9.42. The maximum Gasteiger partial charge on any atom is 0.253 e. The normalized spacial score (nSPS) is 11.4. The van der Waals surface area contributed by atoms with E-state index in [0.29, 0.717) is 12.1 Å². The third-order valence-corrected chi connectivity index (χ3v) is 3.06. The Morgan fingerprint density at radius 2 is 1.85 bits per heavy atom. The fourth-order valence-electron chi connectivity index (χ4n) is 2.01. The molecule has 0 aliphatic heterocycles. The Morgan fingerprint density at radius 1 is 1.20 bits per heavy atom. The average molecular weight is 271 g/mol. The van der Waals surface area contributed by atoms with Crippen molar-refractivity contribution in [3.05, 3.63) is 36.0 Å². The predicted molar refractivity (Wildman–Crippen MR) is 83.1 cm³/mol. The van der Waals surface area contributed by atoms with E-state index in [1.165, 1.54) is 0 Å². The van der Waals surface area contributed by atoms with Crippen LogP contribution in [0.15, 0.2) is 30.5 Å². The summed E-state index contributed by atoms with van der Waals surface area (Å²) < 4.78 is 0. The van der Waals surface area contributed by atoms with Crippen LogP contribution >= 0.6 is 0 Å². The number of anilines is 1. The lowest BCUT2D eigenvalue weighted by Gasteiger charge is -2.19. The molecule has 1 aromatic carbocycles. The first kappa shape index (κ1) is 14.3. The topological polar surface area (TPSA) is 54.0 Å². The van der Waals surface area contributed by atoms with Crippen molar-refractivity contribution in [1.29, 1.82) is 0 Å². The summed E-state index contributed by atoms with van der Waals surface area (Å²) in [6.45, 7) is 6.91. The third kappa shape index (κ3) is 3.07. The third-order valence-electron chi connectivity index (χ3n) is 3.06. The molecule has 106 valence electrons. The molecule has 2 rings (SSSR count). The van der Waals surface area contributed by atoms with Gasteiger partial charge in [0.2, 0.25) is 0 Å². The number of nitrogens with zero attached hydrogens (tertiary/aromatic N) is 1. The molecule has 4 heteroatoms. The molecule has 0 aliphatic carbocycles. The SMILES string of the molecule is CNc1ncc(C(=O)NCC(C)(C)C)c2ccccc12. The van der Waals surface area contributed by atoms with E-state index >= 15 is 0 Å². The molecule has 4 nitrogen and oxygen atoms in total. The second-order valence-corrected chi connectivity index (χ2v) is 6.06. The number of amides is 1. The molecule has 20 heavy (non-hydrogen) atoms. The highest BCUT2D eigenvalue weighted by molar-refractivity contribution is 6.09. The number of rotatable bonds is 3. The first-order valence-electron chi connectivity index (χ1n) is 6.76. The van der Waals surface area contributed by atoms with Crippen molar-refractivity contribution in [2.45, 2.75) is 20.8 Å². The number of hydrogen-bond donors (Lipinski definition) is 2. The van der Waals surface area contributed by atoms with Gasteiger partial charge in [0.1, 0.15) is 5.82 Å². The fraction of sp³-hybridized carbons (Fsp3) is 0.375. The molecule has 0 fully saturated rings. The van der Waals surface area contributed by atoms with Gasteiger partial charge < -0.3 is 10.6 Å². The Labute approximate surface area is 119 Å². The number of carbonyl (C=O) groups excluding carboxylic acids is 1. The van der Waals surface area contributed by atoms with Gasteiger partial charge in [0.05, 0.1) is 5.56 Å². The summed E-state index contributed by atoms with van der Waals surface area (Å²) in [5, 5.41) is 7.89. The summed E-state index contributed by atoms with van der Waals surface area (Å²) >= 11 is 0. The molecule has 1 heterocycles. The molecule has 0 aliphatic rings. The van der Waals surface area contributed by atoms with E-state index in [1.54, 1.807) is 6.20 Å². The monoisotopic (exact) mass is 271 g/mol. The maximum absolute atomic E-state index is 12.3. The number of nitrogens with one attached hydrogen (secondary N) is 2. The molecule has 0 saturated carbocycles. The minimum Gasteiger partial charge on any atom is -0.373 e. The molecule has 0 unspecified atom stereocenters. The summed E-state index contributed by atoms with van der Waals surface area (Å²) in [4.78, 5) is 16.7. The van der Waals surface area contributed by atoms with Gasteiger partial charge in [0.15, 0.2) is 0 Å². The van der Waals surface area contributed by atoms with E-state index in [2.05, 4.69) is 36.4 Å². The van der Waals surface area contributed by atoms with E-state index in [-0.39, 0.29) is 11.3 Å².